The molecule has 4 heteroatoms. The number of hydrogen-bond acceptors (Lipinski definition) is 4. The second kappa shape index (κ2) is 7.06. The minimum Gasteiger partial charge on any atom is -0.497 e. The van der Waals surface area contributed by atoms with Crippen LogP contribution in [0, 0.1) is 0 Å². The predicted molar refractivity (Wildman–Crippen MR) is 81.4 cm³/mol. The molecule has 0 spiro atoms. The van der Waals surface area contributed by atoms with Crippen LogP contribution in [-0.2, 0) is 0 Å². The van der Waals surface area contributed by atoms with Crippen LogP contribution in [-0.4, -0.2) is 31.8 Å². The van der Waals surface area contributed by atoms with Crippen molar-refractivity contribution in [3.05, 3.63) is 23.8 Å². The van der Waals surface area contributed by atoms with Gasteiger partial charge in [0.25, 0.3) is 0 Å². The van der Waals surface area contributed by atoms with Crippen LogP contribution in [0.5, 0.6) is 11.5 Å². The van der Waals surface area contributed by atoms with Gasteiger partial charge in [-0.15, -0.1) is 0 Å². The lowest BCUT2D eigenvalue weighted by Crippen LogP contribution is -2.33. The maximum absolute atomic E-state index is 6.12. The summed E-state index contributed by atoms with van der Waals surface area (Å²) in [6.45, 7) is 3.13. The third-order valence-corrected chi connectivity index (χ3v) is 4.13. The summed E-state index contributed by atoms with van der Waals surface area (Å²) in [6.07, 6.45) is 4.59. The first-order valence-corrected chi connectivity index (χ1v) is 8.24. The van der Waals surface area contributed by atoms with Crippen LogP contribution < -0.4 is 14.8 Å². The summed E-state index contributed by atoms with van der Waals surface area (Å²) in [6, 6.07) is 6.53. The molecular weight excluding hydrogens is 258 g/mol. The summed E-state index contributed by atoms with van der Waals surface area (Å²) >= 11 is 1.87. The van der Waals surface area contributed by atoms with Crippen molar-refractivity contribution in [1.82, 2.24) is 5.32 Å². The van der Waals surface area contributed by atoms with E-state index in [0.29, 0.717) is 12.1 Å². The van der Waals surface area contributed by atoms with Crippen molar-refractivity contribution in [2.24, 2.45) is 0 Å². The molecule has 0 saturated heterocycles. The van der Waals surface area contributed by atoms with E-state index >= 15 is 0 Å². The van der Waals surface area contributed by atoms with Gasteiger partial charge in [0.2, 0.25) is 0 Å². The number of hydrogen-bond donors (Lipinski definition) is 1. The van der Waals surface area contributed by atoms with Gasteiger partial charge in [-0.3, -0.25) is 0 Å². The monoisotopic (exact) mass is 281 g/mol. The number of fused-ring (bicyclic) bond motifs is 1. The Bertz CT molecular complexity index is 411. The molecule has 1 aliphatic rings. The van der Waals surface area contributed by atoms with Crippen molar-refractivity contribution >= 4 is 11.8 Å². The Labute approximate surface area is 120 Å². The number of rotatable bonds is 6. The SMILES string of the molecule is CCNC1CC(CCSC)Oc2cc(OC)ccc21. The van der Waals surface area contributed by atoms with Gasteiger partial charge in [0.1, 0.15) is 17.6 Å². The van der Waals surface area contributed by atoms with Crippen LogP contribution in [0.4, 0.5) is 0 Å². The molecule has 2 atom stereocenters. The summed E-state index contributed by atoms with van der Waals surface area (Å²) in [7, 11) is 1.69. The topological polar surface area (TPSA) is 30.5 Å². The number of methoxy groups -OCH3 is 1. The van der Waals surface area contributed by atoms with Crippen molar-refractivity contribution in [2.45, 2.75) is 31.9 Å². The van der Waals surface area contributed by atoms with Crippen LogP contribution in [0.3, 0.4) is 0 Å². The van der Waals surface area contributed by atoms with Gasteiger partial charge in [0.15, 0.2) is 0 Å². The summed E-state index contributed by atoms with van der Waals surface area (Å²) in [5.74, 6) is 2.98. The van der Waals surface area contributed by atoms with Crippen molar-refractivity contribution in [3.63, 3.8) is 0 Å². The largest absolute Gasteiger partial charge is 0.497 e. The third-order valence-electron chi connectivity index (χ3n) is 3.48. The molecule has 0 radical (unpaired) electrons. The van der Waals surface area contributed by atoms with Crippen LogP contribution >= 0.6 is 11.8 Å². The van der Waals surface area contributed by atoms with Crippen LogP contribution in [0.25, 0.3) is 0 Å². The molecule has 1 aliphatic heterocycles. The fourth-order valence-corrected chi connectivity index (χ4v) is 3.01. The van der Waals surface area contributed by atoms with Gasteiger partial charge < -0.3 is 14.8 Å². The molecule has 19 heavy (non-hydrogen) atoms. The molecule has 2 unspecified atom stereocenters. The number of thioether (sulfide) groups is 1. The average Bonchev–Trinajstić information content (AvgIpc) is 2.44. The Morgan fingerprint density at radius 2 is 2.32 bits per heavy atom. The Hall–Kier alpha value is -0.870. The number of benzene rings is 1. The molecular formula is C15H23NO2S. The molecule has 0 bridgehead atoms. The van der Waals surface area contributed by atoms with E-state index in [4.69, 9.17) is 9.47 Å². The summed E-state index contributed by atoms with van der Waals surface area (Å²) in [5.41, 5.74) is 1.25. The lowest BCUT2D eigenvalue weighted by Gasteiger charge is -2.33. The highest BCUT2D eigenvalue weighted by molar-refractivity contribution is 7.98. The first-order chi connectivity index (χ1) is 9.28. The van der Waals surface area contributed by atoms with Crippen molar-refractivity contribution < 1.29 is 9.47 Å². The number of ether oxygens (including phenoxy) is 2. The van der Waals surface area contributed by atoms with Gasteiger partial charge in [-0.25, -0.2) is 0 Å². The molecule has 3 nitrogen and oxygen atoms in total. The van der Waals surface area contributed by atoms with E-state index in [1.807, 2.05) is 23.9 Å². The van der Waals surface area contributed by atoms with Gasteiger partial charge in [-0.2, -0.15) is 11.8 Å². The molecule has 2 rings (SSSR count). The molecule has 1 aromatic carbocycles. The normalized spacial score (nSPS) is 21.6. The molecule has 1 heterocycles. The van der Waals surface area contributed by atoms with E-state index in [9.17, 15) is 0 Å². The molecule has 0 saturated carbocycles. The summed E-state index contributed by atoms with van der Waals surface area (Å²) in [5, 5.41) is 3.56. The van der Waals surface area contributed by atoms with Gasteiger partial charge >= 0.3 is 0 Å². The lowest BCUT2D eigenvalue weighted by atomic mass is 9.95. The zero-order chi connectivity index (χ0) is 13.7. The van der Waals surface area contributed by atoms with Crippen LogP contribution in [0.1, 0.15) is 31.4 Å². The summed E-state index contributed by atoms with van der Waals surface area (Å²) in [4.78, 5) is 0. The zero-order valence-corrected chi connectivity index (χ0v) is 12.8. The third kappa shape index (κ3) is 3.57. The second-order valence-corrected chi connectivity index (χ2v) is 5.76. The highest BCUT2D eigenvalue weighted by atomic mass is 32.2. The Balaban J connectivity index is 2.19. The zero-order valence-electron chi connectivity index (χ0n) is 11.9. The first-order valence-electron chi connectivity index (χ1n) is 6.85. The Morgan fingerprint density at radius 1 is 1.47 bits per heavy atom. The van der Waals surface area contributed by atoms with E-state index in [-0.39, 0.29) is 0 Å². The van der Waals surface area contributed by atoms with Crippen molar-refractivity contribution in [1.29, 1.82) is 0 Å². The lowest BCUT2D eigenvalue weighted by molar-refractivity contribution is 0.147. The van der Waals surface area contributed by atoms with E-state index in [2.05, 4.69) is 24.6 Å². The van der Waals surface area contributed by atoms with E-state index in [1.54, 1.807) is 7.11 Å². The molecule has 0 amide bonds. The van der Waals surface area contributed by atoms with E-state index in [0.717, 1.165) is 36.6 Å². The minimum absolute atomic E-state index is 0.302. The van der Waals surface area contributed by atoms with Gasteiger partial charge in [-0.05, 0) is 31.0 Å². The molecule has 1 aromatic rings. The Kier molecular flexibility index (Phi) is 5.40. The molecule has 0 aliphatic carbocycles. The van der Waals surface area contributed by atoms with Gasteiger partial charge in [-0.1, -0.05) is 13.0 Å². The number of nitrogens with one attached hydrogen (secondary N) is 1. The molecule has 1 N–H and O–H groups in total. The van der Waals surface area contributed by atoms with Crippen LogP contribution in [0.2, 0.25) is 0 Å². The molecule has 106 valence electrons. The standard InChI is InChI=1S/C15H23NO2S/c1-4-16-14-9-12(7-8-19-3)18-15-10-11(17-2)5-6-13(14)15/h5-6,10,12,14,16H,4,7-9H2,1-3H3. The first kappa shape index (κ1) is 14.5. The van der Waals surface area contributed by atoms with Crippen molar-refractivity contribution in [3.8, 4) is 11.5 Å². The maximum Gasteiger partial charge on any atom is 0.128 e. The van der Waals surface area contributed by atoms with Gasteiger partial charge in [0, 0.05) is 24.1 Å². The van der Waals surface area contributed by atoms with E-state index < -0.39 is 0 Å². The smallest absolute Gasteiger partial charge is 0.128 e. The van der Waals surface area contributed by atoms with Crippen LogP contribution in [0.15, 0.2) is 18.2 Å². The minimum atomic E-state index is 0.302. The fraction of sp³-hybridized carbons (Fsp3) is 0.600. The highest BCUT2D eigenvalue weighted by Gasteiger charge is 2.27. The summed E-state index contributed by atoms with van der Waals surface area (Å²) < 4.78 is 11.4. The molecule has 0 aromatic heterocycles. The van der Waals surface area contributed by atoms with E-state index in [1.165, 1.54) is 5.56 Å². The molecule has 0 fully saturated rings. The van der Waals surface area contributed by atoms with Crippen molar-refractivity contribution in [2.75, 3.05) is 25.7 Å². The average molecular weight is 281 g/mol. The maximum atomic E-state index is 6.12. The second-order valence-electron chi connectivity index (χ2n) is 4.77. The van der Waals surface area contributed by atoms with Gasteiger partial charge in [0.05, 0.1) is 7.11 Å². The highest BCUT2D eigenvalue weighted by Crippen LogP contribution is 2.38. The Morgan fingerprint density at radius 3 is 3.00 bits per heavy atom. The predicted octanol–water partition coefficient (Wildman–Crippen LogP) is 3.25. The quantitative estimate of drug-likeness (QED) is 0.867. The fourth-order valence-electron chi connectivity index (χ4n) is 2.51.